The van der Waals surface area contributed by atoms with Crippen molar-refractivity contribution >= 4 is 42.8 Å². The van der Waals surface area contributed by atoms with Crippen LogP contribution in [-0.4, -0.2) is 34.9 Å². The Hall–Kier alpha value is -0.150. The summed E-state index contributed by atoms with van der Waals surface area (Å²) in [5.41, 5.74) is 0. The predicted octanol–water partition coefficient (Wildman–Crippen LogP) is 1.11. The van der Waals surface area contributed by atoms with Crippen LogP contribution in [0.25, 0.3) is 0 Å². The zero-order valence-corrected chi connectivity index (χ0v) is 12.5. The molecule has 18 heavy (non-hydrogen) atoms. The van der Waals surface area contributed by atoms with Crippen LogP contribution in [-0.2, 0) is 19.9 Å². The first kappa shape index (κ1) is 14.3. The van der Waals surface area contributed by atoms with E-state index in [1.165, 1.54) is 12.1 Å². The molecule has 102 valence electrons. The lowest BCUT2D eigenvalue weighted by atomic mass is 10.1. The molecular weight excluding hydrogens is 318 g/mol. The zero-order valence-electron chi connectivity index (χ0n) is 9.30. The Kier molecular flexibility index (Phi) is 4.03. The van der Waals surface area contributed by atoms with Gasteiger partial charge in [0.2, 0.25) is 10.0 Å². The van der Waals surface area contributed by atoms with E-state index < -0.39 is 19.9 Å². The maximum atomic E-state index is 11.9. The summed E-state index contributed by atoms with van der Waals surface area (Å²) in [6.07, 6.45) is 0.510. The van der Waals surface area contributed by atoms with Crippen molar-refractivity contribution in [1.29, 1.82) is 0 Å². The van der Waals surface area contributed by atoms with E-state index in [0.29, 0.717) is 10.8 Å². The van der Waals surface area contributed by atoms with Crippen molar-refractivity contribution < 1.29 is 16.8 Å². The first-order chi connectivity index (χ1) is 8.28. The largest absolute Gasteiger partial charge is 0.250 e. The molecule has 9 heteroatoms. The minimum absolute atomic E-state index is 0.0563. The second-order valence-electron chi connectivity index (χ2n) is 4.18. The van der Waals surface area contributed by atoms with Crippen molar-refractivity contribution in [2.75, 3.05) is 18.1 Å². The first-order valence-electron chi connectivity index (χ1n) is 5.24. The summed E-state index contributed by atoms with van der Waals surface area (Å²) in [4.78, 5) is 0. The Bertz CT molecular complexity index is 635. The van der Waals surface area contributed by atoms with Gasteiger partial charge in [-0.25, -0.2) is 21.6 Å². The van der Waals surface area contributed by atoms with Crippen molar-refractivity contribution in [2.45, 2.75) is 10.6 Å². The second kappa shape index (κ2) is 5.09. The number of hydrogen-bond acceptors (Lipinski definition) is 5. The summed E-state index contributed by atoms with van der Waals surface area (Å²) in [7, 11) is -6.55. The van der Waals surface area contributed by atoms with E-state index in [1.54, 1.807) is 0 Å². The van der Waals surface area contributed by atoms with Gasteiger partial charge in [-0.05, 0) is 24.5 Å². The van der Waals surface area contributed by atoms with Crippen molar-refractivity contribution in [2.24, 2.45) is 5.92 Å². The maximum Gasteiger partial charge on any atom is 0.250 e. The van der Waals surface area contributed by atoms with Crippen molar-refractivity contribution in [3.63, 3.8) is 0 Å². The van der Waals surface area contributed by atoms with E-state index in [-0.39, 0.29) is 28.2 Å². The molecule has 0 bridgehead atoms. The van der Waals surface area contributed by atoms with E-state index in [4.69, 9.17) is 11.6 Å². The highest BCUT2D eigenvalue weighted by Crippen LogP contribution is 2.25. The lowest BCUT2D eigenvalue weighted by Gasteiger charge is -2.08. The molecule has 1 fully saturated rings. The molecule has 1 aliphatic rings. The molecule has 2 rings (SSSR count). The molecule has 1 aromatic rings. The highest BCUT2D eigenvalue weighted by Gasteiger charge is 2.29. The minimum Gasteiger partial charge on any atom is -0.229 e. The number of halogens is 1. The Morgan fingerprint density at radius 2 is 2.17 bits per heavy atom. The molecule has 1 N–H and O–H groups in total. The third kappa shape index (κ3) is 3.45. The number of sulfone groups is 1. The lowest BCUT2D eigenvalue weighted by molar-refractivity contribution is 0.544. The van der Waals surface area contributed by atoms with Crippen molar-refractivity contribution in [3.8, 4) is 0 Å². The summed E-state index contributed by atoms with van der Waals surface area (Å²) in [6.45, 7) is 0.150. The lowest BCUT2D eigenvalue weighted by Crippen LogP contribution is -2.29. The van der Waals surface area contributed by atoms with Gasteiger partial charge in [0.05, 0.1) is 15.8 Å². The Morgan fingerprint density at radius 1 is 1.44 bits per heavy atom. The Balaban J connectivity index is 1.98. The van der Waals surface area contributed by atoms with Crippen LogP contribution in [0.5, 0.6) is 0 Å². The molecule has 0 saturated carbocycles. The molecule has 0 unspecified atom stereocenters. The third-order valence-electron chi connectivity index (χ3n) is 2.70. The van der Waals surface area contributed by atoms with Gasteiger partial charge < -0.3 is 0 Å². The minimum atomic E-state index is -3.57. The van der Waals surface area contributed by atoms with Crippen LogP contribution in [0, 0.1) is 5.92 Å². The molecule has 0 radical (unpaired) electrons. The van der Waals surface area contributed by atoms with Crippen LogP contribution >= 0.6 is 22.9 Å². The van der Waals surface area contributed by atoms with Gasteiger partial charge in [-0.1, -0.05) is 11.6 Å². The normalized spacial score (nSPS) is 23.3. The average molecular weight is 330 g/mol. The van der Waals surface area contributed by atoms with Gasteiger partial charge in [0.1, 0.15) is 4.21 Å². The van der Waals surface area contributed by atoms with Crippen LogP contribution in [0.1, 0.15) is 6.42 Å². The van der Waals surface area contributed by atoms with Gasteiger partial charge in [-0.2, -0.15) is 0 Å². The maximum absolute atomic E-state index is 11.9. The summed E-state index contributed by atoms with van der Waals surface area (Å²) in [5.74, 6) is 0.0607. The monoisotopic (exact) mass is 329 g/mol. The average Bonchev–Trinajstić information content (AvgIpc) is 2.82. The standard InChI is InChI=1S/C9H12ClNO4S3/c10-8-1-2-9(16-8)18(14,15)11-5-7-3-4-17(12,13)6-7/h1-2,7,11H,3-6H2/t7-/m1/s1. The van der Waals surface area contributed by atoms with Gasteiger partial charge in [-0.15, -0.1) is 11.3 Å². The van der Waals surface area contributed by atoms with E-state index >= 15 is 0 Å². The van der Waals surface area contributed by atoms with Gasteiger partial charge in [-0.3, -0.25) is 0 Å². The molecule has 1 atom stereocenters. The van der Waals surface area contributed by atoms with Gasteiger partial charge >= 0.3 is 0 Å². The smallest absolute Gasteiger partial charge is 0.229 e. The number of thiophene rings is 1. The molecule has 0 aromatic carbocycles. The molecule has 0 amide bonds. The molecule has 5 nitrogen and oxygen atoms in total. The molecule has 1 aromatic heterocycles. The third-order valence-corrected chi connectivity index (χ3v) is 7.69. The molecule has 2 heterocycles. The van der Waals surface area contributed by atoms with Crippen LogP contribution in [0.2, 0.25) is 4.34 Å². The van der Waals surface area contributed by atoms with Gasteiger partial charge in [0, 0.05) is 6.54 Å². The number of rotatable bonds is 4. The zero-order chi connectivity index (χ0) is 13.4. The van der Waals surface area contributed by atoms with Crippen LogP contribution in [0.4, 0.5) is 0 Å². The van der Waals surface area contributed by atoms with Gasteiger partial charge in [0.15, 0.2) is 9.84 Å². The van der Waals surface area contributed by atoms with E-state index in [1.807, 2.05) is 0 Å². The van der Waals surface area contributed by atoms with Crippen LogP contribution in [0.3, 0.4) is 0 Å². The fourth-order valence-corrected chi connectivity index (χ4v) is 6.28. The Labute approximate surface area is 115 Å². The fourth-order valence-electron chi connectivity index (χ4n) is 1.77. The summed E-state index contributed by atoms with van der Waals surface area (Å²) < 4.78 is 49.2. The first-order valence-corrected chi connectivity index (χ1v) is 9.74. The van der Waals surface area contributed by atoms with E-state index in [2.05, 4.69) is 4.72 Å². The van der Waals surface area contributed by atoms with Crippen LogP contribution in [0.15, 0.2) is 16.3 Å². The molecular formula is C9H12ClNO4S3. The number of hydrogen-bond donors (Lipinski definition) is 1. The van der Waals surface area contributed by atoms with Crippen molar-refractivity contribution in [1.82, 2.24) is 4.72 Å². The number of nitrogens with one attached hydrogen (secondary N) is 1. The van der Waals surface area contributed by atoms with E-state index in [0.717, 1.165) is 11.3 Å². The molecule has 1 saturated heterocycles. The molecule has 0 aliphatic carbocycles. The predicted molar refractivity (Wildman–Crippen MR) is 71.3 cm³/mol. The van der Waals surface area contributed by atoms with E-state index in [9.17, 15) is 16.8 Å². The van der Waals surface area contributed by atoms with Crippen molar-refractivity contribution in [3.05, 3.63) is 16.5 Å². The summed E-state index contributed by atoms with van der Waals surface area (Å²) in [5, 5.41) is 0. The topological polar surface area (TPSA) is 80.3 Å². The highest BCUT2D eigenvalue weighted by atomic mass is 35.5. The molecule has 1 aliphatic heterocycles. The Morgan fingerprint density at radius 3 is 2.67 bits per heavy atom. The number of sulfonamides is 1. The summed E-state index contributed by atoms with van der Waals surface area (Å²) >= 11 is 6.65. The SMILES string of the molecule is O=S1(=O)CC[C@H](CNS(=O)(=O)c2ccc(Cl)s2)C1. The highest BCUT2D eigenvalue weighted by molar-refractivity contribution is 7.92. The summed E-state index contributed by atoms with van der Waals surface area (Å²) in [6, 6.07) is 2.95. The quantitative estimate of drug-likeness (QED) is 0.897. The second-order valence-corrected chi connectivity index (χ2v) is 10.1. The fraction of sp³-hybridized carbons (Fsp3) is 0.556. The molecule has 0 spiro atoms. The van der Waals surface area contributed by atoms with Gasteiger partial charge in [0.25, 0.3) is 0 Å². The van der Waals surface area contributed by atoms with Crippen LogP contribution < -0.4 is 4.72 Å².